The van der Waals surface area contributed by atoms with Crippen molar-refractivity contribution in [1.29, 1.82) is 0 Å². The molecule has 0 amide bonds. The molecular formula is C10H12O2. The monoisotopic (exact) mass is 164 g/mol. The summed E-state index contributed by atoms with van der Waals surface area (Å²) in [7, 11) is 0. The molecule has 0 aliphatic heterocycles. The van der Waals surface area contributed by atoms with E-state index in [1.54, 1.807) is 0 Å². The van der Waals surface area contributed by atoms with Crippen molar-refractivity contribution < 1.29 is 9.90 Å². The summed E-state index contributed by atoms with van der Waals surface area (Å²) in [6.07, 6.45) is 7.23. The first kappa shape index (κ1) is 7.59. The van der Waals surface area contributed by atoms with Gasteiger partial charge in [0.05, 0.1) is 0 Å². The van der Waals surface area contributed by atoms with Crippen molar-refractivity contribution in [2.24, 2.45) is 0 Å². The molecule has 0 bridgehead atoms. The van der Waals surface area contributed by atoms with E-state index in [-0.39, 0.29) is 0 Å². The number of carbonyl (C=O) groups is 1. The van der Waals surface area contributed by atoms with E-state index >= 15 is 0 Å². The fraction of sp³-hybridized carbons (Fsp3) is 0.500. The quantitative estimate of drug-likeness (QED) is 0.645. The second kappa shape index (κ2) is 2.77. The minimum Gasteiger partial charge on any atom is -0.478 e. The van der Waals surface area contributed by atoms with E-state index in [4.69, 9.17) is 5.11 Å². The van der Waals surface area contributed by atoms with Gasteiger partial charge in [0.2, 0.25) is 0 Å². The largest absolute Gasteiger partial charge is 0.478 e. The molecule has 0 saturated heterocycles. The number of hydrogen-bond donors (Lipinski definition) is 1. The molecule has 12 heavy (non-hydrogen) atoms. The van der Waals surface area contributed by atoms with E-state index in [1.807, 2.05) is 6.08 Å². The number of hydrogen-bond acceptors (Lipinski definition) is 1. The van der Waals surface area contributed by atoms with Crippen LogP contribution in [0.4, 0.5) is 0 Å². The lowest BCUT2D eigenvalue weighted by Gasteiger charge is -2.12. The number of carboxylic acids is 1. The van der Waals surface area contributed by atoms with E-state index < -0.39 is 5.97 Å². The van der Waals surface area contributed by atoms with Crippen LogP contribution < -0.4 is 0 Å². The maximum Gasteiger partial charge on any atom is 0.331 e. The Balaban J connectivity index is 2.18. The van der Waals surface area contributed by atoms with Gasteiger partial charge in [0.15, 0.2) is 0 Å². The molecule has 0 aromatic heterocycles. The Hall–Kier alpha value is -1.05. The molecule has 2 aliphatic rings. The molecule has 0 aromatic carbocycles. The molecule has 0 fully saturated rings. The maximum absolute atomic E-state index is 10.6. The topological polar surface area (TPSA) is 37.3 Å². The number of aliphatic carboxylic acids is 1. The molecule has 0 saturated carbocycles. The van der Waals surface area contributed by atoms with Crippen molar-refractivity contribution in [3.63, 3.8) is 0 Å². The van der Waals surface area contributed by atoms with Crippen molar-refractivity contribution in [2.45, 2.75) is 32.1 Å². The zero-order valence-electron chi connectivity index (χ0n) is 6.97. The van der Waals surface area contributed by atoms with Crippen molar-refractivity contribution >= 4 is 5.97 Å². The molecule has 2 aliphatic carbocycles. The van der Waals surface area contributed by atoms with Crippen LogP contribution in [0.3, 0.4) is 0 Å². The van der Waals surface area contributed by atoms with Gasteiger partial charge in [0, 0.05) is 12.0 Å². The zero-order chi connectivity index (χ0) is 8.55. The fourth-order valence-electron chi connectivity index (χ4n) is 2.00. The predicted molar refractivity (Wildman–Crippen MR) is 45.8 cm³/mol. The van der Waals surface area contributed by atoms with E-state index in [2.05, 4.69) is 0 Å². The van der Waals surface area contributed by atoms with Crippen molar-refractivity contribution in [2.75, 3.05) is 0 Å². The van der Waals surface area contributed by atoms with Gasteiger partial charge < -0.3 is 5.11 Å². The molecule has 64 valence electrons. The summed E-state index contributed by atoms with van der Waals surface area (Å²) in [5, 5.41) is 8.77. The van der Waals surface area contributed by atoms with Gasteiger partial charge in [-0.2, -0.15) is 0 Å². The number of allylic oxidation sites excluding steroid dienone is 3. The average molecular weight is 164 g/mol. The Morgan fingerprint density at radius 2 is 2.08 bits per heavy atom. The van der Waals surface area contributed by atoms with E-state index in [1.165, 1.54) is 24.0 Å². The third-order valence-corrected chi connectivity index (χ3v) is 2.66. The summed E-state index contributed by atoms with van der Waals surface area (Å²) >= 11 is 0. The van der Waals surface area contributed by atoms with Crippen LogP contribution in [0.2, 0.25) is 0 Å². The molecule has 0 radical (unpaired) electrons. The van der Waals surface area contributed by atoms with Gasteiger partial charge in [-0.25, -0.2) is 4.79 Å². The summed E-state index contributed by atoms with van der Waals surface area (Å²) < 4.78 is 0. The van der Waals surface area contributed by atoms with Gasteiger partial charge in [-0.3, -0.25) is 0 Å². The average Bonchev–Trinajstić information content (AvgIpc) is 2.46. The lowest BCUT2D eigenvalue weighted by molar-refractivity contribution is -0.132. The van der Waals surface area contributed by atoms with Crippen LogP contribution in [0.1, 0.15) is 32.1 Å². The minimum absolute atomic E-state index is 0.585. The van der Waals surface area contributed by atoms with Crippen LogP contribution >= 0.6 is 0 Å². The van der Waals surface area contributed by atoms with Crippen LogP contribution in [0.15, 0.2) is 22.8 Å². The molecule has 0 unspecified atom stereocenters. The van der Waals surface area contributed by atoms with Gasteiger partial charge in [-0.05, 0) is 37.3 Å². The van der Waals surface area contributed by atoms with E-state index in [0.29, 0.717) is 12.0 Å². The smallest absolute Gasteiger partial charge is 0.331 e. The minimum atomic E-state index is -0.746. The molecule has 2 rings (SSSR count). The Labute approximate surface area is 71.6 Å². The van der Waals surface area contributed by atoms with Crippen molar-refractivity contribution in [3.8, 4) is 0 Å². The fourth-order valence-corrected chi connectivity index (χ4v) is 2.00. The van der Waals surface area contributed by atoms with E-state index in [0.717, 1.165) is 12.8 Å². The first-order valence-electron chi connectivity index (χ1n) is 4.42. The first-order valence-corrected chi connectivity index (χ1v) is 4.42. The van der Waals surface area contributed by atoms with E-state index in [9.17, 15) is 4.79 Å². The number of carboxylic acid groups (broad SMARTS) is 1. The summed E-state index contributed by atoms with van der Waals surface area (Å²) in [5.74, 6) is -0.746. The third kappa shape index (κ3) is 1.17. The maximum atomic E-state index is 10.6. The van der Waals surface area contributed by atoms with Gasteiger partial charge in [-0.1, -0.05) is 5.57 Å². The standard InChI is InChI=1S/C10H12O2/c11-10(12)9-5-7-3-1-2-4-8(7)6-9/h5H,1-4,6H2,(H,11,12). The van der Waals surface area contributed by atoms with Gasteiger partial charge in [0.1, 0.15) is 0 Å². The summed E-state index contributed by atoms with van der Waals surface area (Å²) in [5.41, 5.74) is 3.26. The predicted octanol–water partition coefficient (Wildman–Crippen LogP) is 2.27. The van der Waals surface area contributed by atoms with Gasteiger partial charge >= 0.3 is 5.97 Å². The third-order valence-electron chi connectivity index (χ3n) is 2.66. The van der Waals surface area contributed by atoms with Crippen LogP contribution in [-0.4, -0.2) is 11.1 Å². The van der Waals surface area contributed by atoms with Crippen molar-refractivity contribution in [1.82, 2.24) is 0 Å². The summed E-state index contributed by atoms with van der Waals surface area (Å²) in [6.45, 7) is 0. The normalized spacial score (nSPS) is 22.2. The second-order valence-corrected chi connectivity index (χ2v) is 3.49. The highest BCUT2D eigenvalue weighted by atomic mass is 16.4. The summed E-state index contributed by atoms with van der Waals surface area (Å²) in [6, 6.07) is 0. The molecule has 0 atom stereocenters. The lowest BCUT2D eigenvalue weighted by atomic mass is 9.94. The molecule has 2 nitrogen and oxygen atoms in total. The SMILES string of the molecule is O=C(O)C1=CC2=C(CCCC2)C1. The highest BCUT2D eigenvalue weighted by Gasteiger charge is 2.21. The Morgan fingerprint density at radius 1 is 1.33 bits per heavy atom. The summed E-state index contributed by atoms with van der Waals surface area (Å²) in [4.78, 5) is 10.6. The van der Waals surface area contributed by atoms with Crippen LogP contribution in [-0.2, 0) is 4.79 Å². The highest BCUT2D eigenvalue weighted by Crippen LogP contribution is 2.35. The zero-order valence-corrected chi connectivity index (χ0v) is 6.97. The molecule has 0 spiro atoms. The molecular weight excluding hydrogens is 152 g/mol. The van der Waals surface area contributed by atoms with Crippen LogP contribution in [0.25, 0.3) is 0 Å². The molecule has 1 N–H and O–H groups in total. The van der Waals surface area contributed by atoms with Crippen LogP contribution in [0.5, 0.6) is 0 Å². The number of rotatable bonds is 1. The second-order valence-electron chi connectivity index (χ2n) is 3.49. The molecule has 0 heterocycles. The Morgan fingerprint density at radius 3 is 2.75 bits per heavy atom. The lowest BCUT2D eigenvalue weighted by Crippen LogP contribution is -1.98. The first-order chi connectivity index (χ1) is 5.77. The Kier molecular flexibility index (Phi) is 1.75. The molecule has 0 aromatic rings. The van der Waals surface area contributed by atoms with Gasteiger partial charge in [0.25, 0.3) is 0 Å². The molecule has 2 heteroatoms. The highest BCUT2D eigenvalue weighted by molar-refractivity contribution is 5.89. The van der Waals surface area contributed by atoms with Crippen LogP contribution in [0, 0.1) is 0 Å². The Bertz CT molecular complexity index is 284. The van der Waals surface area contributed by atoms with Crippen molar-refractivity contribution in [3.05, 3.63) is 22.8 Å². The van der Waals surface area contributed by atoms with Gasteiger partial charge in [-0.15, -0.1) is 0 Å².